The van der Waals surface area contributed by atoms with Crippen LogP contribution in [0, 0.1) is 0 Å². The summed E-state index contributed by atoms with van der Waals surface area (Å²) in [6.07, 6.45) is 0.239. The molecule has 0 bridgehead atoms. The third kappa shape index (κ3) is 3.74. The Balaban J connectivity index is 1.44. The first-order valence-electron chi connectivity index (χ1n) is 8.90. The molecule has 0 N–H and O–H groups in total. The molecule has 0 saturated carbocycles. The van der Waals surface area contributed by atoms with Crippen LogP contribution in [0.3, 0.4) is 0 Å². The van der Waals surface area contributed by atoms with E-state index in [1.54, 1.807) is 12.1 Å². The number of carbonyl (C=O) groups is 2. The van der Waals surface area contributed by atoms with Crippen LogP contribution in [0.1, 0.15) is 6.42 Å². The fraction of sp³-hybridized carbons (Fsp3) is 0.300. The van der Waals surface area contributed by atoms with Gasteiger partial charge in [0.2, 0.25) is 5.91 Å². The molecule has 2 aliphatic heterocycles. The van der Waals surface area contributed by atoms with E-state index in [0.717, 1.165) is 41.4 Å². The van der Waals surface area contributed by atoms with Crippen LogP contribution < -0.4 is 9.80 Å². The van der Waals surface area contributed by atoms with Crippen molar-refractivity contribution in [2.24, 2.45) is 0 Å². The first-order chi connectivity index (χ1) is 13.0. The number of hydrogen-bond acceptors (Lipinski definition) is 4. The maximum Gasteiger partial charge on any atom is 0.251 e. The lowest BCUT2D eigenvalue weighted by Crippen LogP contribution is -2.52. The largest absolute Gasteiger partial charge is 0.369 e. The molecule has 5 nitrogen and oxygen atoms in total. The summed E-state index contributed by atoms with van der Waals surface area (Å²) < 4.78 is 0.846. The number of piperazine rings is 1. The van der Waals surface area contributed by atoms with E-state index in [0.29, 0.717) is 5.69 Å². The van der Waals surface area contributed by atoms with E-state index in [9.17, 15) is 9.59 Å². The van der Waals surface area contributed by atoms with Gasteiger partial charge in [0.1, 0.15) is 0 Å². The number of hydrogen-bond donors (Lipinski definition) is 0. The second-order valence-electron chi connectivity index (χ2n) is 6.77. The van der Waals surface area contributed by atoms with E-state index in [4.69, 9.17) is 11.6 Å². The van der Waals surface area contributed by atoms with Gasteiger partial charge in [-0.3, -0.25) is 14.5 Å². The highest BCUT2D eigenvalue weighted by atomic mass is 79.9. The van der Waals surface area contributed by atoms with E-state index in [1.165, 1.54) is 4.90 Å². The van der Waals surface area contributed by atoms with Crippen molar-refractivity contribution in [3.8, 4) is 0 Å². The quantitative estimate of drug-likeness (QED) is 0.674. The Labute approximate surface area is 171 Å². The van der Waals surface area contributed by atoms with Crippen LogP contribution in [-0.2, 0) is 9.59 Å². The average Bonchev–Trinajstić information content (AvgIpc) is 2.96. The molecule has 0 radical (unpaired) electrons. The third-order valence-corrected chi connectivity index (χ3v) is 5.85. The molecule has 0 aromatic heterocycles. The van der Waals surface area contributed by atoms with Crippen LogP contribution in [0.4, 0.5) is 11.4 Å². The molecule has 7 heteroatoms. The molecule has 4 rings (SSSR count). The Morgan fingerprint density at radius 2 is 1.63 bits per heavy atom. The zero-order valence-corrected chi connectivity index (χ0v) is 17.0. The monoisotopic (exact) mass is 447 g/mol. The Kier molecular flexibility index (Phi) is 5.21. The lowest BCUT2D eigenvalue weighted by atomic mass is 10.1. The molecule has 2 heterocycles. The van der Waals surface area contributed by atoms with Crippen molar-refractivity contribution in [1.29, 1.82) is 0 Å². The van der Waals surface area contributed by atoms with Crippen LogP contribution in [0.2, 0.25) is 5.02 Å². The van der Waals surface area contributed by atoms with Crippen LogP contribution in [0.25, 0.3) is 0 Å². The van der Waals surface area contributed by atoms with Crippen LogP contribution in [0.5, 0.6) is 0 Å². The number of nitrogens with zero attached hydrogens (tertiary/aromatic N) is 3. The van der Waals surface area contributed by atoms with Crippen molar-refractivity contribution in [3.05, 3.63) is 58.0 Å². The second-order valence-corrected chi connectivity index (χ2v) is 8.12. The van der Waals surface area contributed by atoms with Crippen LogP contribution >= 0.6 is 27.5 Å². The standard InChI is InChI=1S/C20H19BrClN3O2/c21-14-3-1-6-17(11-14)25-19(26)13-18(20(25)27)24-9-7-23(8-10-24)16-5-2-4-15(22)12-16/h1-6,11-12,18H,7-10,13H2/t18-/m1/s1. The molecular weight excluding hydrogens is 430 g/mol. The van der Waals surface area contributed by atoms with Gasteiger partial charge < -0.3 is 4.90 Å². The maximum atomic E-state index is 12.9. The van der Waals surface area contributed by atoms with E-state index >= 15 is 0 Å². The molecule has 2 aliphatic rings. The van der Waals surface area contributed by atoms with Gasteiger partial charge in [0, 0.05) is 41.4 Å². The number of anilines is 2. The molecule has 1 atom stereocenters. The first kappa shape index (κ1) is 18.5. The number of rotatable bonds is 3. The van der Waals surface area contributed by atoms with Gasteiger partial charge in [-0.15, -0.1) is 0 Å². The van der Waals surface area contributed by atoms with Crippen molar-refractivity contribution >= 4 is 50.7 Å². The van der Waals surface area contributed by atoms with Crippen molar-refractivity contribution in [3.63, 3.8) is 0 Å². The van der Waals surface area contributed by atoms with Crippen molar-refractivity contribution in [1.82, 2.24) is 4.90 Å². The molecular formula is C20H19BrClN3O2. The predicted molar refractivity (Wildman–Crippen MR) is 110 cm³/mol. The molecule has 2 fully saturated rings. The van der Waals surface area contributed by atoms with Gasteiger partial charge in [0.15, 0.2) is 0 Å². The van der Waals surface area contributed by atoms with Crippen LogP contribution in [0.15, 0.2) is 53.0 Å². The smallest absolute Gasteiger partial charge is 0.251 e. The fourth-order valence-electron chi connectivity index (χ4n) is 3.75. The summed E-state index contributed by atoms with van der Waals surface area (Å²) in [5.74, 6) is -0.269. The number of imide groups is 1. The van der Waals surface area contributed by atoms with Gasteiger partial charge in [-0.25, -0.2) is 4.90 Å². The van der Waals surface area contributed by atoms with Gasteiger partial charge in [-0.2, -0.15) is 0 Å². The summed E-state index contributed by atoms with van der Waals surface area (Å²) in [5.41, 5.74) is 1.71. The minimum Gasteiger partial charge on any atom is -0.369 e. The molecule has 0 aliphatic carbocycles. The average molecular weight is 449 g/mol. The highest BCUT2D eigenvalue weighted by molar-refractivity contribution is 9.10. The van der Waals surface area contributed by atoms with Gasteiger partial charge >= 0.3 is 0 Å². The highest BCUT2D eigenvalue weighted by Gasteiger charge is 2.43. The summed E-state index contributed by atoms with van der Waals surface area (Å²) in [7, 11) is 0. The Morgan fingerprint density at radius 1 is 0.926 bits per heavy atom. The summed E-state index contributed by atoms with van der Waals surface area (Å²) in [6, 6.07) is 14.7. The van der Waals surface area contributed by atoms with Gasteiger partial charge in [0.25, 0.3) is 5.91 Å². The Bertz CT molecular complexity index is 883. The Morgan fingerprint density at radius 3 is 2.33 bits per heavy atom. The summed E-state index contributed by atoms with van der Waals surface area (Å²) >= 11 is 9.49. The third-order valence-electron chi connectivity index (χ3n) is 5.12. The number of carbonyl (C=O) groups excluding carboxylic acids is 2. The predicted octanol–water partition coefficient (Wildman–Crippen LogP) is 3.56. The lowest BCUT2D eigenvalue weighted by molar-refractivity contribution is -0.123. The zero-order chi connectivity index (χ0) is 19.0. The normalized spacial score (nSPS) is 21.2. The van der Waals surface area contributed by atoms with Gasteiger partial charge in [-0.05, 0) is 36.4 Å². The number of halogens is 2. The van der Waals surface area contributed by atoms with Crippen molar-refractivity contribution in [2.45, 2.75) is 12.5 Å². The fourth-order valence-corrected chi connectivity index (χ4v) is 4.32. The molecule has 0 unspecified atom stereocenters. The Hall–Kier alpha value is -1.89. The highest BCUT2D eigenvalue weighted by Crippen LogP contribution is 2.29. The van der Waals surface area contributed by atoms with E-state index in [2.05, 4.69) is 25.7 Å². The lowest BCUT2D eigenvalue weighted by Gasteiger charge is -2.38. The van der Waals surface area contributed by atoms with Crippen molar-refractivity contribution < 1.29 is 9.59 Å². The minimum absolute atomic E-state index is 0.130. The summed E-state index contributed by atoms with van der Waals surface area (Å²) in [4.78, 5) is 31.2. The molecule has 27 heavy (non-hydrogen) atoms. The number of amides is 2. The molecule has 0 spiro atoms. The van der Waals surface area contributed by atoms with E-state index in [-0.39, 0.29) is 24.3 Å². The maximum absolute atomic E-state index is 12.9. The molecule has 2 aromatic rings. The first-order valence-corrected chi connectivity index (χ1v) is 10.1. The zero-order valence-electron chi connectivity index (χ0n) is 14.6. The topological polar surface area (TPSA) is 43.9 Å². The van der Waals surface area contributed by atoms with Crippen molar-refractivity contribution in [2.75, 3.05) is 36.0 Å². The van der Waals surface area contributed by atoms with E-state index in [1.807, 2.05) is 36.4 Å². The molecule has 140 valence electrons. The minimum atomic E-state index is -0.377. The summed E-state index contributed by atoms with van der Waals surface area (Å²) in [6.45, 7) is 3.08. The molecule has 2 aromatic carbocycles. The van der Waals surface area contributed by atoms with Crippen LogP contribution in [-0.4, -0.2) is 48.9 Å². The van der Waals surface area contributed by atoms with E-state index < -0.39 is 0 Å². The van der Waals surface area contributed by atoms with Gasteiger partial charge in [-0.1, -0.05) is 39.7 Å². The van der Waals surface area contributed by atoms with Gasteiger partial charge in [0.05, 0.1) is 18.2 Å². The second kappa shape index (κ2) is 7.62. The summed E-state index contributed by atoms with van der Waals surface area (Å²) in [5, 5.41) is 0.719. The molecule has 2 saturated heterocycles. The molecule has 2 amide bonds. The number of benzene rings is 2. The SMILES string of the molecule is O=C1C[C@@H](N2CCN(c3cccc(Cl)c3)CC2)C(=O)N1c1cccc(Br)c1.